The third-order valence-electron chi connectivity index (χ3n) is 2.61. The molecule has 0 saturated carbocycles. The molecule has 0 aliphatic carbocycles. The van der Waals surface area contributed by atoms with Gasteiger partial charge in [0.15, 0.2) is 0 Å². The van der Waals surface area contributed by atoms with Crippen LogP contribution in [0.4, 0.5) is 0 Å². The Morgan fingerprint density at radius 3 is 2.86 bits per heavy atom. The molecule has 2 rings (SSSR count). The van der Waals surface area contributed by atoms with Gasteiger partial charge in [-0.05, 0) is 19.0 Å². The molecular formula is C10H12ClNO2. The van der Waals surface area contributed by atoms with E-state index in [2.05, 4.69) is 5.32 Å². The van der Waals surface area contributed by atoms with Gasteiger partial charge in [-0.2, -0.15) is 0 Å². The highest BCUT2D eigenvalue weighted by molar-refractivity contribution is 6.32. The van der Waals surface area contributed by atoms with Crippen molar-refractivity contribution in [3.63, 3.8) is 0 Å². The minimum absolute atomic E-state index is 0.0180. The predicted molar refractivity (Wildman–Crippen MR) is 54.5 cm³/mol. The van der Waals surface area contributed by atoms with Crippen LogP contribution in [0.5, 0.6) is 5.75 Å². The monoisotopic (exact) mass is 213 g/mol. The molecule has 1 fully saturated rings. The Balaban J connectivity index is 2.45. The maximum absolute atomic E-state index is 10.2. The topological polar surface area (TPSA) is 52.5 Å². The van der Waals surface area contributed by atoms with Crippen molar-refractivity contribution in [2.45, 2.75) is 12.0 Å². The standard InChI is InChI=1S/C10H12ClNO2/c11-9-7(2-1-3-8(9)13)10(14)4-5-12-6-10/h1-3,12-14H,4-6H2. The van der Waals surface area contributed by atoms with E-state index >= 15 is 0 Å². The lowest BCUT2D eigenvalue weighted by Gasteiger charge is -2.23. The Labute approximate surface area is 87.3 Å². The summed E-state index contributed by atoms with van der Waals surface area (Å²) in [6, 6.07) is 4.94. The van der Waals surface area contributed by atoms with E-state index in [4.69, 9.17) is 11.6 Å². The van der Waals surface area contributed by atoms with E-state index in [0.29, 0.717) is 18.5 Å². The average Bonchev–Trinajstić information content (AvgIpc) is 2.58. The Kier molecular flexibility index (Phi) is 2.39. The van der Waals surface area contributed by atoms with Crippen molar-refractivity contribution in [2.24, 2.45) is 0 Å². The van der Waals surface area contributed by atoms with E-state index in [9.17, 15) is 10.2 Å². The largest absolute Gasteiger partial charge is 0.506 e. The molecule has 0 aromatic heterocycles. The fraction of sp³-hybridized carbons (Fsp3) is 0.400. The molecule has 3 N–H and O–H groups in total. The van der Waals surface area contributed by atoms with E-state index in [1.165, 1.54) is 6.07 Å². The summed E-state index contributed by atoms with van der Waals surface area (Å²) in [4.78, 5) is 0. The molecule has 1 saturated heterocycles. The van der Waals surface area contributed by atoms with Crippen molar-refractivity contribution in [1.29, 1.82) is 0 Å². The summed E-state index contributed by atoms with van der Waals surface area (Å²) in [5.41, 5.74) is -0.334. The Bertz CT molecular complexity index is 348. The molecule has 1 aromatic rings. The molecule has 1 aliphatic rings. The van der Waals surface area contributed by atoms with Gasteiger partial charge < -0.3 is 15.5 Å². The van der Waals surface area contributed by atoms with Gasteiger partial charge in [-0.3, -0.25) is 0 Å². The maximum Gasteiger partial charge on any atom is 0.134 e. The fourth-order valence-corrected chi connectivity index (χ4v) is 2.09. The fourth-order valence-electron chi connectivity index (χ4n) is 1.79. The second-order valence-corrected chi connectivity index (χ2v) is 3.98. The zero-order valence-electron chi connectivity index (χ0n) is 7.63. The molecule has 1 atom stereocenters. The first-order valence-corrected chi connectivity index (χ1v) is 4.92. The van der Waals surface area contributed by atoms with Crippen LogP contribution in [-0.2, 0) is 5.60 Å². The molecule has 0 spiro atoms. The van der Waals surface area contributed by atoms with Crippen LogP contribution < -0.4 is 5.32 Å². The summed E-state index contributed by atoms with van der Waals surface area (Å²) in [5.74, 6) is 0.0180. The number of aliphatic hydroxyl groups is 1. The van der Waals surface area contributed by atoms with Crippen molar-refractivity contribution in [3.05, 3.63) is 28.8 Å². The highest BCUT2D eigenvalue weighted by Crippen LogP contribution is 2.37. The van der Waals surface area contributed by atoms with Gasteiger partial charge in [-0.25, -0.2) is 0 Å². The number of β-amino-alcohol motifs (C(OH)–C–C–N with tert-alkyl or cyclic N) is 1. The van der Waals surface area contributed by atoms with Gasteiger partial charge >= 0.3 is 0 Å². The minimum Gasteiger partial charge on any atom is -0.506 e. The molecule has 1 heterocycles. The number of phenolic OH excluding ortho intramolecular Hbond substituents is 1. The SMILES string of the molecule is Oc1cccc(C2(O)CCNC2)c1Cl. The number of nitrogens with one attached hydrogen (secondary N) is 1. The highest BCUT2D eigenvalue weighted by atomic mass is 35.5. The van der Waals surface area contributed by atoms with E-state index < -0.39 is 5.60 Å². The number of hydrogen-bond acceptors (Lipinski definition) is 3. The molecule has 14 heavy (non-hydrogen) atoms. The van der Waals surface area contributed by atoms with Crippen LogP contribution in [0.1, 0.15) is 12.0 Å². The normalized spacial score (nSPS) is 26.7. The van der Waals surface area contributed by atoms with Crippen molar-refractivity contribution in [1.82, 2.24) is 5.32 Å². The zero-order valence-corrected chi connectivity index (χ0v) is 8.38. The van der Waals surface area contributed by atoms with Crippen LogP contribution in [0.2, 0.25) is 5.02 Å². The van der Waals surface area contributed by atoms with E-state index in [1.54, 1.807) is 12.1 Å². The molecular weight excluding hydrogens is 202 g/mol. The molecule has 1 unspecified atom stereocenters. The molecule has 76 valence electrons. The van der Waals surface area contributed by atoms with Crippen molar-refractivity contribution < 1.29 is 10.2 Å². The number of rotatable bonds is 1. The summed E-state index contributed by atoms with van der Waals surface area (Å²) < 4.78 is 0. The molecule has 0 radical (unpaired) electrons. The van der Waals surface area contributed by atoms with Crippen molar-refractivity contribution >= 4 is 11.6 Å². The quantitative estimate of drug-likeness (QED) is 0.658. The van der Waals surface area contributed by atoms with E-state index in [0.717, 1.165) is 6.54 Å². The summed E-state index contributed by atoms with van der Waals surface area (Å²) >= 11 is 5.93. The van der Waals surface area contributed by atoms with Crippen LogP contribution in [-0.4, -0.2) is 23.3 Å². The smallest absolute Gasteiger partial charge is 0.134 e. The Morgan fingerprint density at radius 2 is 2.21 bits per heavy atom. The van der Waals surface area contributed by atoms with Gasteiger partial charge in [0.1, 0.15) is 11.4 Å². The molecule has 0 amide bonds. The molecule has 1 aromatic carbocycles. The summed E-state index contributed by atoms with van der Waals surface area (Å²) in [7, 11) is 0. The lowest BCUT2D eigenvalue weighted by atomic mass is 9.93. The average molecular weight is 214 g/mol. The van der Waals surface area contributed by atoms with E-state index in [1.807, 2.05) is 0 Å². The molecule has 3 nitrogen and oxygen atoms in total. The molecule has 4 heteroatoms. The minimum atomic E-state index is -0.935. The van der Waals surface area contributed by atoms with Crippen molar-refractivity contribution in [2.75, 3.05) is 13.1 Å². The first-order valence-electron chi connectivity index (χ1n) is 4.54. The number of halogens is 1. The highest BCUT2D eigenvalue weighted by Gasteiger charge is 2.35. The summed E-state index contributed by atoms with van der Waals surface area (Å²) in [6.07, 6.45) is 0.621. The van der Waals surface area contributed by atoms with Gasteiger partial charge in [0, 0.05) is 12.1 Å². The van der Waals surface area contributed by atoms with E-state index in [-0.39, 0.29) is 10.8 Å². The molecule has 1 aliphatic heterocycles. The van der Waals surface area contributed by atoms with Crippen LogP contribution in [0.3, 0.4) is 0 Å². The molecule has 0 bridgehead atoms. The number of hydrogen-bond donors (Lipinski definition) is 3. The number of benzene rings is 1. The number of aromatic hydroxyl groups is 1. The van der Waals surface area contributed by atoms with Crippen molar-refractivity contribution in [3.8, 4) is 5.75 Å². The number of phenols is 1. The Morgan fingerprint density at radius 1 is 1.43 bits per heavy atom. The van der Waals surface area contributed by atoms with Gasteiger partial charge in [0.2, 0.25) is 0 Å². The van der Waals surface area contributed by atoms with Crippen LogP contribution >= 0.6 is 11.6 Å². The third-order valence-corrected chi connectivity index (χ3v) is 3.01. The van der Waals surface area contributed by atoms with Gasteiger partial charge in [0.25, 0.3) is 0 Å². The second kappa shape index (κ2) is 3.42. The lowest BCUT2D eigenvalue weighted by Crippen LogP contribution is -2.28. The lowest BCUT2D eigenvalue weighted by molar-refractivity contribution is 0.0586. The maximum atomic E-state index is 10.2. The second-order valence-electron chi connectivity index (χ2n) is 3.60. The van der Waals surface area contributed by atoms with Gasteiger partial charge in [-0.1, -0.05) is 23.7 Å². The van der Waals surface area contributed by atoms with Gasteiger partial charge in [0.05, 0.1) is 5.02 Å². The first-order chi connectivity index (χ1) is 6.63. The Hall–Kier alpha value is -0.770. The van der Waals surface area contributed by atoms with Crippen LogP contribution in [0.15, 0.2) is 18.2 Å². The van der Waals surface area contributed by atoms with Gasteiger partial charge in [-0.15, -0.1) is 0 Å². The predicted octanol–water partition coefficient (Wildman–Crippen LogP) is 1.23. The summed E-state index contributed by atoms with van der Waals surface area (Å²) in [6.45, 7) is 1.25. The summed E-state index contributed by atoms with van der Waals surface area (Å²) in [5, 5.41) is 22.9. The first kappa shape index (κ1) is 9.77. The van der Waals surface area contributed by atoms with Crippen LogP contribution in [0, 0.1) is 0 Å². The zero-order chi connectivity index (χ0) is 10.2. The van der Waals surface area contributed by atoms with Crippen LogP contribution in [0.25, 0.3) is 0 Å². The third kappa shape index (κ3) is 1.47.